The molecule has 0 unspecified atom stereocenters. The molecule has 2 heterocycles. The molecule has 0 radical (unpaired) electrons. The van der Waals surface area contributed by atoms with Gasteiger partial charge in [-0.3, -0.25) is 0 Å². The van der Waals surface area contributed by atoms with Gasteiger partial charge in [0, 0.05) is 12.7 Å². The Labute approximate surface area is 94.6 Å². The molecule has 84 valence electrons. The first-order valence-corrected chi connectivity index (χ1v) is 5.35. The van der Waals surface area contributed by atoms with Crippen LogP contribution in [0.15, 0.2) is 24.9 Å². The fraction of sp³-hybridized carbons (Fsp3) is 0.364. The number of aryl methyl sites for hydroxylation is 2. The van der Waals surface area contributed by atoms with Crippen LogP contribution in [0.5, 0.6) is 0 Å². The zero-order valence-electron chi connectivity index (χ0n) is 9.51. The van der Waals surface area contributed by atoms with E-state index in [4.69, 9.17) is 0 Å². The van der Waals surface area contributed by atoms with Gasteiger partial charge in [0.05, 0.1) is 23.8 Å². The molecule has 16 heavy (non-hydrogen) atoms. The van der Waals surface area contributed by atoms with Crippen LogP contribution in [0, 0.1) is 6.92 Å². The minimum absolute atomic E-state index is 0.842. The molecule has 0 spiro atoms. The number of nitrogens with zero attached hydrogens (tertiary/aromatic N) is 4. The Morgan fingerprint density at radius 1 is 1.31 bits per heavy atom. The summed E-state index contributed by atoms with van der Waals surface area (Å²) in [6.07, 6.45) is 8.08. The molecule has 2 aromatic rings. The molecule has 2 aromatic heterocycles. The lowest BCUT2D eigenvalue weighted by Gasteiger charge is -2.07. The first-order chi connectivity index (χ1) is 7.79. The monoisotopic (exact) mass is 217 g/mol. The molecule has 0 saturated heterocycles. The molecule has 0 amide bonds. The quantitative estimate of drug-likeness (QED) is 0.852. The van der Waals surface area contributed by atoms with Crippen molar-refractivity contribution in [3.63, 3.8) is 0 Å². The highest BCUT2D eigenvalue weighted by atomic mass is 15.2. The summed E-state index contributed by atoms with van der Waals surface area (Å²) >= 11 is 0. The highest BCUT2D eigenvalue weighted by Gasteiger charge is 2.04. The van der Waals surface area contributed by atoms with Crippen molar-refractivity contribution in [3.05, 3.63) is 30.6 Å². The topological polar surface area (TPSA) is 55.6 Å². The third-order valence-electron chi connectivity index (χ3n) is 2.18. The van der Waals surface area contributed by atoms with Crippen molar-refractivity contribution in [1.29, 1.82) is 0 Å². The first kappa shape index (κ1) is 10.6. The van der Waals surface area contributed by atoms with Crippen molar-refractivity contribution in [2.75, 3.05) is 5.32 Å². The molecule has 5 heteroatoms. The molecule has 1 N–H and O–H groups in total. The molecule has 0 aliphatic heterocycles. The molecule has 0 saturated carbocycles. The Morgan fingerprint density at radius 3 is 2.75 bits per heavy atom. The third kappa shape index (κ3) is 2.36. The standard InChI is InChI=1S/C11H15N5/c1-3-4-16-7-9(2)14-11(16)15-10-5-12-8-13-6-10/h5-8H,3-4H2,1-2H3,(H,14,15). The fourth-order valence-corrected chi connectivity index (χ4v) is 1.55. The number of imidazole rings is 1. The van der Waals surface area contributed by atoms with E-state index in [0.29, 0.717) is 0 Å². The second-order valence-corrected chi connectivity index (χ2v) is 3.65. The summed E-state index contributed by atoms with van der Waals surface area (Å²) in [5.41, 5.74) is 1.86. The summed E-state index contributed by atoms with van der Waals surface area (Å²) < 4.78 is 2.10. The van der Waals surface area contributed by atoms with E-state index in [1.807, 2.05) is 13.1 Å². The van der Waals surface area contributed by atoms with E-state index in [9.17, 15) is 0 Å². The van der Waals surface area contributed by atoms with Gasteiger partial charge in [-0.1, -0.05) is 6.92 Å². The molecule has 0 aromatic carbocycles. The van der Waals surface area contributed by atoms with Crippen molar-refractivity contribution < 1.29 is 0 Å². The maximum atomic E-state index is 4.42. The Hall–Kier alpha value is -1.91. The van der Waals surface area contributed by atoms with Gasteiger partial charge in [-0.15, -0.1) is 0 Å². The van der Waals surface area contributed by atoms with Gasteiger partial charge in [0.25, 0.3) is 0 Å². The molecular formula is C11H15N5. The summed E-state index contributed by atoms with van der Waals surface area (Å²) in [5, 5.41) is 3.20. The van der Waals surface area contributed by atoms with Crippen molar-refractivity contribution in [2.45, 2.75) is 26.8 Å². The van der Waals surface area contributed by atoms with Crippen molar-refractivity contribution in [2.24, 2.45) is 0 Å². The molecule has 0 aliphatic carbocycles. The number of aromatic nitrogens is 4. The lowest BCUT2D eigenvalue weighted by atomic mass is 10.4. The van der Waals surface area contributed by atoms with Crippen LogP contribution >= 0.6 is 0 Å². The number of nitrogens with one attached hydrogen (secondary N) is 1. The molecule has 0 bridgehead atoms. The second kappa shape index (κ2) is 4.74. The van der Waals surface area contributed by atoms with E-state index in [1.54, 1.807) is 12.4 Å². The van der Waals surface area contributed by atoms with Gasteiger partial charge in [0.1, 0.15) is 6.33 Å². The maximum Gasteiger partial charge on any atom is 0.207 e. The largest absolute Gasteiger partial charge is 0.323 e. The van der Waals surface area contributed by atoms with Gasteiger partial charge < -0.3 is 9.88 Å². The lowest BCUT2D eigenvalue weighted by molar-refractivity contribution is 0.686. The number of hydrogen-bond acceptors (Lipinski definition) is 4. The zero-order valence-corrected chi connectivity index (χ0v) is 9.51. The van der Waals surface area contributed by atoms with E-state index in [-0.39, 0.29) is 0 Å². The molecule has 0 aliphatic rings. The number of anilines is 2. The van der Waals surface area contributed by atoms with Gasteiger partial charge in [0.2, 0.25) is 5.95 Å². The third-order valence-corrected chi connectivity index (χ3v) is 2.18. The van der Waals surface area contributed by atoms with E-state index in [0.717, 1.165) is 30.3 Å². The van der Waals surface area contributed by atoms with Gasteiger partial charge in [-0.25, -0.2) is 15.0 Å². The summed E-state index contributed by atoms with van der Waals surface area (Å²) in [6.45, 7) is 5.08. The Morgan fingerprint density at radius 2 is 2.06 bits per heavy atom. The minimum atomic E-state index is 0.842. The van der Waals surface area contributed by atoms with E-state index in [1.165, 1.54) is 6.33 Å². The van der Waals surface area contributed by atoms with Crippen molar-refractivity contribution >= 4 is 11.6 Å². The van der Waals surface area contributed by atoms with Crippen molar-refractivity contribution in [1.82, 2.24) is 19.5 Å². The van der Waals surface area contributed by atoms with E-state index < -0.39 is 0 Å². The highest BCUT2D eigenvalue weighted by molar-refractivity contribution is 5.50. The minimum Gasteiger partial charge on any atom is -0.323 e. The van der Waals surface area contributed by atoms with Crippen LogP contribution in [0.2, 0.25) is 0 Å². The summed E-state index contributed by atoms with van der Waals surface area (Å²) in [5.74, 6) is 0.842. The first-order valence-electron chi connectivity index (χ1n) is 5.35. The van der Waals surface area contributed by atoms with Crippen LogP contribution in [-0.2, 0) is 6.54 Å². The molecular weight excluding hydrogens is 202 g/mol. The van der Waals surface area contributed by atoms with Crippen LogP contribution in [0.3, 0.4) is 0 Å². The second-order valence-electron chi connectivity index (χ2n) is 3.65. The van der Waals surface area contributed by atoms with Crippen LogP contribution in [-0.4, -0.2) is 19.5 Å². The van der Waals surface area contributed by atoms with Gasteiger partial charge in [-0.05, 0) is 13.3 Å². The predicted molar refractivity (Wildman–Crippen MR) is 62.6 cm³/mol. The number of hydrogen-bond donors (Lipinski definition) is 1. The van der Waals surface area contributed by atoms with Crippen LogP contribution in [0.1, 0.15) is 19.0 Å². The van der Waals surface area contributed by atoms with Crippen LogP contribution < -0.4 is 5.32 Å². The van der Waals surface area contributed by atoms with Crippen LogP contribution in [0.25, 0.3) is 0 Å². The fourth-order valence-electron chi connectivity index (χ4n) is 1.55. The molecule has 5 nitrogen and oxygen atoms in total. The Bertz CT molecular complexity index is 449. The average Bonchev–Trinajstić information content (AvgIpc) is 2.61. The zero-order chi connectivity index (χ0) is 11.4. The molecule has 0 atom stereocenters. The SMILES string of the molecule is CCCn1cc(C)nc1Nc1cncnc1. The lowest BCUT2D eigenvalue weighted by Crippen LogP contribution is -2.03. The predicted octanol–water partition coefficient (Wildman–Crippen LogP) is 2.14. The number of rotatable bonds is 4. The van der Waals surface area contributed by atoms with Crippen LogP contribution in [0.4, 0.5) is 11.6 Å². The molecule has 0 fully saturated rings. The Kier molecular flexibility index (Phi) is 3.14. The van der Waals surface area contributed by atoms with Crippen molar-refractivity contribution in [3.8, 4) is 0 Å². The van der Waals surface area contributed by atoms with E-state index in [2.05, 4.69) is 31.8 Å². The van der Waals surface area contributed by atoms with Gasteiger partial charge in [0.15, 0.2) is 0 Å². The normalized spacial score (nSPS) is 10.4. The van der Waals surface area contributed by atoms with Gasteiger partial charge >= 0.3 is 0 Å². The van der Waals surface area contributed by atoms with E-state index >= 15 is 0 Å². The smallest absolute Gasteiger partial charge is 0.207 e. The summed E-state index contributed by atoms with van der Waals surface area (Å²) in [6, 6.07) is 0. The summed E-state index contributed by atoms with van der Waals surface area (Å²) in [4.78, 5) is 12.3. The molecule has 2 rings (SSSR count). The summed E-state index contributed by atoms with van der Waals surface area (Å²) in [7, 11) is 0. The van der Waals surface area contributed by atoms with Gasteiger partial charge in [-0.2, -0.15) is 0 Å². The average molecular weight is 217 g/mol. The Balaban J connectivity index is 2.20. The maximum absolute atomic E-state index is 4.42. The highest BCUT2D eigenvalue weighted by Crippen LogP contribution is 2.14.